The number of nitrogen functional groups attached to an aromatic ring is 1. The molecule has 5 nitrogen and oxygen atoms in total. The molecule has 0 fully saturated rings. The third-order valence-electron chi connectivity index (χ3n) is 2.54. The molecule has 0 aliphatic rings. The van der Waals surface area contributed by atoms with E-state index in [1.807, 2.05) is 19.9 Å². The summed E-state index contributed by atoms with van der Waals surface area (Å²) in [4.78, 5) is 0. The summed E-state index contributed by atoms with van der Waals surface area (Å²) in [5, 5.41) is 29.3. The van der Waals surface area contributed by atoms with Gasteiger partial charge in [0.2, 0.25) is 0 Å². The molecule has 1 atom stereocenters. The zero-order valence-electron chi connectivity index (χ0n) is 9.96. The Morgan fingerprint density at radius 3 is 2.65 bits per heavy atom. The minimum atomic E-state index is -0.852. The number of nitrogens with zero attached hydrogens (tertiary/aromatic N) is 2. The molecule has 0 radical (unpaired) electrons. The normalized spacial score (nSPS) is 12.8. The fourth-order valence-electron chi connectivity index (χ4n) is 1.37. The molecular formula is C12H17N3O2. The largest absolute Gasteiger partial charge is 0.398 e. The molecule has 0 aromatic heterocycles. The summed E-state index contributed by atoms with van der Waals surface area (Å²) in [5.74, 6) is 0. The van der Waals surface area contributed by atoms with Crippen molar-refractivity contribution in [2.24, 2.45) is 0 Å². The van der Waals surface area contributed by atoms with Gasteiger partial charge in [-0.05, 0) is 31.5 Å². The van der Waals surface area contributed by atoms with Gasteiger partial charge in [-0.1, -0.05) is 6.07 Å². The Kier molecular flexibility index (Phi) is 4.46. The highest BCUT2D eigenvalue weighted by molar-refractivity contribution is 5.55. The van der Waals surface area contributed by atoms with Gasteiger partial charge in [-0.3, -0.25) is 0 Å². The number of aliphatic hydroxyl groups excluding tert-OH is 1. The van der Waals surface area contributed by atoms with Crippen molar-refractivity contribution in [1.82, 2.24) is 5.06 Å². The van der Waals surface area contributed by atoms with Crippen LogP contribution < -0.4 is 5.73 Å². The summed E-state index contributed by atoms with van der Waals surface area (Å²) in [6, 6.07) is 6.64. The Balaban J connectivity index is 2.83. The summed E-state index contributed by atoms with van der Waals surface area (Å²) in [6.45, 7) is 3.72. The zero-order valence-corrected chi connectivity index (χ0v) is 9.96. The van der Waals surface area contributed by atoms with Crippen molar-refractivity contribution < 1.29 is 10.3 Å². The molecule has 1 aromatic rings. The van der Waals surface area contributed by atoms with Gasteiger partial charge in [-0.2, -0.15) is 10.3 Å². The van der Waals surface area contributed by atoms with E-state index >= 15 is 0 Å². The lowest BCUT2D eigenvalue weighted by atomic mass is 10.0. The standard InChI is InChI=1S/C12H17N3O2/c1-8(2)15(17)7-12(16)9-3-4-11(14)10(5-9)6-13/h3-5,8,12,16-17H,7,14H2,1-2H3. The van der Waals surface area contributed by atoms with Crippen molar-refractivity contribution in [1.29, 1.82) is 5.26 Å². The van der Waals surface area contributed by atoms with Crippen molar-refractivity contribution in [3.05, 3.63) is 29.3 Å². The van der Waals surface area contributed by atoms with Crippen LogP contribution in [0.4, 0.5) is 5.69 Å². The number of nitrogens with two attached hydrogens (primary N) is 1. The smallest absolute Gasteiger partial charge is 0.101 e. The first kappa shape index (κ1) is 13.5. The Morgan fingerprint density at radius 2 is 2.12 bits per heavy atom. The average Bonchev–Trinajstić information content (AvgIpc) is 2.29. The molecule has 5 heteroatoms. The molecule has 1 aromatic carbocycles. The van der Waals surface area contributed by atoms with Crippen molar-refractivity contribution in [3.8, 4) is 6.07 Å². The van der Waals surface area contributed by atoms with Crippen LogP contribution in [0.5, 0.6) is 0 Å². The summed E-state index contributed by atoms with van der Waals surface area (Å²) in [5.41, 5.74) is 6.86. The maximum Gasteiger partial charge on any atom is 0.101 e. The van der Waals surface area contributed by atoms with E-state index in [1.165, 1.54) is 6.07 Å². The van der Waals surface area contributed by atoms with Gasteiger partial charge in [-0.25, -0.2) is 0 Å². The van der Waals surface area contributed by atoms with Gasteiger partial charge in [0.15, 0.2) is 0 Å². The lowest BCUT2D eigenvalue weighted by Crippen LogP contribution is -2.31. The maximum atomic E-state index is 9.90. The number of hydrogen-bond acceptors (Lipinski definition) is 5. The first-order chi connectivity index (χ1) is 7.95. The molecule has 0 saturated carbocycles. The van der Waals surface area contributed by atoms with Crippen molar-refractivity contribution >= 4 is 5.69 Å². The summed E-state index contributed by atoms with van der Waals surface area (Å²) < 4.78 is 0. The molecule has 92 valence electrons. The number of nitriles is 1. The van der Waals surface area contributed by atoms with Gasteiger partial charge in [0, 0.05) is 11.7 Å². The molecule has 4 N–H and O–H groups in total. The molecule has 0 aliphatic carbocycles. The molecule has 0 bridgehead atoms. The average molecular weight is 235 g/mol. The molecule has 17 heavy (non-hydrogen) atoms. The van der Waals surface area contributed by atoms with Gasteiger partial charge in [0.1, 0.15) is 6.07 Å². The fourth-order valence-corrected chi connectivity index (χ4v) is 1.37. The number of aliphatic hydroxyl groups is 1. The molecule has 1 unspecified atom stereocenters. The predicted molar refractivity (Wildman–Crippen MR) is 64.2 cm³/mol. The van der Waals surface area contributed by atoms with Crippen LogP contribution in [-0.2, 0) is 0 Å². The topological polar surface area (TPSA) is 93.5 Å². The SMILES string of the molecule is CC(C)N(O)CC(O)c1ccc(N)c(C#N)c1. The molecular weight excluding hydrogens is 218 g/mol. The molecule has 0 amide bonds. The number of hydrogen-bond donors (Lipinski definition) is 3. The van der Waals surface area contributed by atoms with E-state index in [1.54, 1.807) is 12.1 Å². The van der Waals surface area contributed by atoms with Crippen molar-refractivity contribution in [2.45, 2.75) is 26.0 Å². The molecule has 0 saturated heterocycles. The van der Waals surface area contributed by atoms with Crippen LogP contribution in [-0.4, -0.2) is 28.0 Å². The van der Waals surface area contributed by atoms with E-state index < -0.39 is 6.10 Å². The summed E-state index contributed by atoms with van der Waals surface area (Å²) >= 11 is 0. The van der Waals surface area contributed by atoms with Crippen molar-refractivity contribution in [2.75, 3.05) is 12.3 Å². The minimum Gasteiger partial charge on any atom is -0.398 e. The third-order valence-corrected chi connectivity index (χ3v) is 2.54. The van der Waals surface area contributed by atoms with E-state index in [2.05, 4.69) is 0 Å². The Bertz CT molecular complexity index is 426. The zero-order chi connectivity index (χ0) is 13.0. The lowest BCUT2D eigenvalue weighted by molar-refractivity contribution is -0.137. The van der Waals surface area contributed by atoms with E-state index in [4.69, 9.17) is 11.0 Å². The Labute approximate surface area is 101 Å². The first-order valence-corrected chi connectivity index (χ1v) is 5.38. The molecule has 0 spiro atoms. The van der Waals surface area contributed by atoms with E-state index in [9.17, 15) is 10.3 Å². The van der Waals surface area contributed by atoms with Gasteiger partial charge in [-0.15, -0.1) is 0 Å². The quantitative estimate of drug-likeness (QED) is 0.540. The summed E-state index contributed by atoms with van der Waals surface area (Å²) in [6.07, 6.45) is -0.852. The highest BCUT2D eigenvalue weighted by atomic mass is 16.5. The van der Waals surface area contributed by atoms with E-state index in [0.717, 1.165) is 5.06 Å². The monoisotopic (exact) mass is 235 g/mol. The second-order valence-electron chi connectivity index (χ2n) is 4.19. The van der Waals surface area contributed by atoms with E-state index in [-0.39, 0.29) is 12.6 Å². The second kappa shape index (κ2) is 5.64. The highest BCUT2D eigenvalue weighted by Gasteiger charge is 2.15. The van der Waals surface area contributed by atoms with Crippen LogP contribution >= 0.6 is 0 Å². The number of anilines is 1. The van der Waals surface area contributed by atoms with Crippen LogP contribution in [0.1, 0.15) is 31.1 Å². The van der Waals surface area contributed by atoms with Crippen molar-refractivity contribution in [3.63, 3.8) is 0 Å². The van der Waals surface area contributed by atoms with Gasteiger partial charge < -0.3 is 16.0 Å². The van der Waals surface area contributed by atoms with E-state index in [0.29, 0.717) is 16.8 Å². The molecule has 0 heterocycles. The fraction of sp³-hybridized carbons (Fsp3) is 0.417. The van der Waals surface area contributed by atoms with Gasteiger partial charge >= 0.3 is 0 Å². The van der Waals surface area contributed by atoms with Crippen LogP contribution in [0.2, 0.25) is 0 Å². The van der Waals surface area contributed by atoms with Gasteiger partial charge in [0.05, 0.1) is 18.2 Å². The Morgan fingerprint density at radius 1 is 1.47 bits per heavy atom. The molecule has 0 aliphatic heterocycles. The Hall–Kier alpha value is -1.61. The van der Waals surface area contributed by atoms with Crippen LogP contribution in [0, 0.1) is 11.3 Å². The van der Waals surface area contributed by atoms with Crippen LogP contribution in [0.25, 0.3) is 0 Å². The second-order valence-corrected chi connectivity index (χ2v) is 4.19. The van der Waals surface area contributed by atoms with Crippen LogP contribution in [0.3, 0.4) is 0 Å². The third kappa shape index (κ3) is 3.43. The number of benzene rings is 1. The summed E-state index contributed by atoms with van der Waals surface area (Å²) in [7, 11) is 0. The lowest BCUT2D eigenvalue weighted by Gasteiger charge is -2.22. The maximum absolute atomic E-state index is 9.90. The van der Waals surface area contributed by atoms with Gasteiger partial charge in [0.25, 0.3) is 0 Å². The first-order valence-electron chi connectivity index (χ1n) is 5.38. The minimum absolute atomic E-state index is 0.0751. The predicted octanol–water partition coefficient (Wildman–Crippen LogP) is 1.27. The highest BCUT2D eigenvalue weighted by Crippen LogP contribution is 2.19. The van der Waals surface area contributed by atoms with Crippen LogP contribution in [0.15, 0.2) is 18.2 Å². The number of hydroxylamine groups is 2. The number of rotatable bonds is 4. The molecule has 1 rings (SSSR count).